The van der Waals surface area contributed by atoms with Gasteiger partial charge in [-0.1, -0.05) is 104 Å². The number of amides is 1. The van der Waals surface area contributed by atoms with Gasteiger partial charge in [-0.2, -0.15) is 0 Å². The molecule has 0 aliphatic carbocycles. The third kappa shape index (κ3) is 21.9. The van der Waals surface area contributed by atoms with E-state index in [1.54, 1.807) is 0 Å². The largest absolute Gasteiger partial charge is 0.756 e. The molecule has 0 aromatic heterocycles. The van der Waals surface area contributed by atoms with Crippen LogP contribution in [0.15, 0.2) is 0 Å². The van der Waals surface area contributed by atoms with Crippen molar-refractivity contribution in [1.29, 1.82) is 0 Å². The number of hydrogen-bond acceptors (Lipinski definition) is 5. The Kier molecular flexibility index (Phi) is 21.0. The number of nitrogens with two attached hydrogens (primary N) is 1. The molecule has 0 spiro atoms. The normalized spacial score (nSPS) is 16.9. The number of nitrogens with zero attached hydrogens (tertiary/aromatic N) is 1. The lowest BCUT2D eigenvalue weighted by Gasteiger charge is -2.46. The van der Waals surface area contributed by atoms with Gasteiger partial charge in [0.05, 0.1) is 27.2 Å². The highest BCUT2D eigenvalue weighted by Gasteiger charge is 2.48. The Morgan fingerprint density at radius 1 is 0.897 bits per heavy atom. The Morgan fingerprint density at radius 3 is 1.79 bits per heavy atom. The van der Waals surface area contributed by atoms with E-state index in [0.717, 1.165) is 32.1 Å². The lowest BCUT2D eigenvalue weighted by Crippen LogP contribution is -2.56. The quantitative estimate of drug-likeness (QED) is 0.0654. The molecular formula is C30H63N2O6P. The molecule has 0 rings (SSSR count). The molecule has 0 aliphatic heterocycles. The van der Waals surface area contributed by atoms with Gasteiger partial charge in [0.2, 0.25) is 5.91 Å². The van der Waals surface area contributed by atoms with E-state index >= 15 is 0 Å². The zero-order valence-corrected chi connectivity index (χ0v) is 27.2. The molecule has 0 saturated carbocycles. The summed E-state index contributed by atoms with van der Waals surface area (Å²) in [5, 5.41) is 0. The molecule has 39 heavy (non-hydrogen) atoms. The molecule has 0 aromatic carbocycles. The van der Waals surface area contributed by atoms with Gasteiger partial charge in [-0.25, -0.2) is 0 Å². The number of carbonyl (C=O) groups is 1. The highest BCUT2D eigenvalue weighted by Crippen LogP contribution is 2.46. The van der Waals surface area contributed by atoms with Gasteiger partial charge in [0.25, 0.3) is 7.82 Å². The summed E-state index contributed by atoms with van der Waals surface area (Å²) in [6.07, 6.45) is 17.9. The van der Waals surface area contributed by atoms with E-state index < -0.39 is 25.2 Å². The Morgan fingerprint density at radius 2 is 1.36 bits per heavy atom. The fourth-order valence-electron chi connectivity index (χ4n) is 5.74. The first kappa shape index (κ1) is 38.5. The van der Waals surface area contributed by atoms with Crippen LogP contribution in [-0.2, 0) is 18.6 Å². The van der Waals surface area contributed by atoms with Gasteiger partial charge in [-0.05, 0) is 19.8 Å². The second kappa shape index (κ2) is 21.2. The number of phosphoric acid groups is 1. The van der Waals surface area contributed by atoms with Crippen molar-refractivity contribution in [2.45, 2.75) is 148 Å². The summed E-state index contributed by atoms with van der Waals surface area (Å²) < 4.78 is 24.3. The topological polar surface area (TPSA) is 122 Å². The zero-order valence-electron chi connectivity index (χ0n) is 26.3. The molecule has 9 heteroatoms. The summed E-state index contributed by atoms with van der Waals surface area (Å²) in [5.41, 5.74) is 4.35. The number of phosphoric ester groups is 1. The molecule has 3 N–H and O–H groups in total. The van der Waals surface area contributed by atoms with Crippen LogP contribution in [0.5, 0.6) is 0 Å². The molecule has 0 aromatic rings. The van der Waals surface area contributed by atoms with E-state index in [9.17, 15) is 19.1 Å². The predicted molar refractivity (Wildman–Crippen MR) is 159 cm³/mol. The first-order valence-corrected chi connectivity index (χ1v) is 17.2. The van der Waals surface area contributed by atoms with Crippen molar-refractivity contribution >= 4 is 13.7 Å². The third-order valence-corrected chi connectivity index (χ3v) is 8.01. The third-order valence-electron chi connectivity index (χ3n) is 7.42. The standard InChI is InChI=1S/C30H63N2O6P/c1-7-9-11-13-15-17-19-21-23-37-27(3)25-30(26-32(4,5)6,38-39(34,35)36)28(24-29(31)33)22-20-18-16-14-12-10-8-2/h27-28H,7-26H2,1-6H3,(H3-,31,33,34,35,36). The lowest BCUT2D eigenvalue weighted by molar-refractivity contribution is -0.877. The highest BCUT2D eigenvalue weighted by molar-refractivity contribution is 7.44. The molecule has 4 unspecified atom stereocenters. The van der Waals surface area contributed by atoms with E-state index in [4.69, 9.17) is 15.0 Å². The second-order valence-electron chi connectivity index (χ2n) is 12.7. The summed E-state index contributed by atoms with van der Waals surface area (Å²) in [6, 6.07) is 0. The molecule has 0 radical (unpaired) electrons. The van der Waals surface area contributed by atoms with Crippen LogP contribution in [0.25, 0.3) is 0 Å². The maximum Gasteiger partial charge on any atom is 0.266 e. The molecule has 234 valence electrons. The summed E-state index contributed by atoms with van der Waals surface area (Å²) in [7, 11) is 0.748. The van der Waals surface area contributed by atoms with E-state index in [1.165, 1.54) is 64.2 Å². The summed E-state index contributed by atoms with van der Waals surface area (Å²) in [5.74, 6) is -0.949. The fourth-order valence-corrected chi connectivity index (χ4v) is 6.48. The maximum absolute atomic E-state index is 12.2. The Bertz CT molecular complexity index is 666. The molecule has 4 atom stereocenters. The molecular weight excluding hydrogens is 515 g/mol. The molecule has 8 nitrogen and oxygen atoms in total. The fraction of sp³-hybridized carbons (Fsp3) is 0.967. The van der Waals surface area contributed by atoms with E-state index in [0.29, 0.717) is 24.1 Å². The molecule has 1 amide bonds. The van der Waals surface area contributed by atoms with Crippen molar-refractivity contribution < 1.29 is 32.9 Å². The van der Waals surface area contributed by atoms with Crippen LogP contribution in [0, 0.1) is 5.92 Å². The summed E-state index contributed by atoms with van der Waals surface area (Å²) in [4.78, 5) is 34.3. The number of unbranched alkanes of at least 4 members (excludes halogenated alkanes) is 13. The maximum atomic E-state index is 12.2. The molecule has 0 saturated heterocycles. The van der Waals surface area contributed by atoms with E-state index in [-0.39, 0.29) is 18.9 Å². The second-order valence-corrected chi connectivity index (χ2v) is 13.8. The number of quaternary nitrogens is 1. The molecule has 0 bridgehead atoms. The number of primary amides is 1. The van der Waals surface area contributed by atoms with Crippen molar-refractivity contribution in [1.82, 2.24) is 0 Å². The number of hydrogen-bond donors (Lipinski definition) is 2. The van der Waals surface area contributed by atoms with Crippen LogP contribution in [0.4, 0.5) is 0 Å². The summed E-state index contributed by atoms with van der Waals surface area (Å²) >= 11 is 0. The van der Waals surface area contributed by atoms with Crippen LogP contribution < -0.4 is 10.6 Å². The van der Waals surface area contributed by atoms with Crippen LogP contribution >= 0.6 is 7.82 Å². The minimum Gasteiger partial charge on any atom is -0.756 e. The minimum atomic E-state index is -5.10. The van der Waals surface area contributed by atoms with Gasteiger partial charge in [-0.3, -0.25) is 9.36 Å². The van der Waals surface area contributed by atoms with Gasteiger partial charge < -0.3 is 29.3 Å². The van der Waals surface area contributed by atoms with Crippen LogP contribution in [0.2, 0.25) is 0 Å². The first-order chi connectivity index (χ1) is 18.2. The summed E-state index contributed by atoms with van der Waals surface area (Å²) in [6.45, 7) is 7.21. The number of carbonyl (C=O) groups excluding carboxylic acids is 1. The lowest BCUT2D eigenvalue weighted by atomic mass is 9.77. The Balaban J connectivity index is 5.44. The Hall–Kier alpha value is -0.500. The molecule has 0 heterocycles. The Labute approximate surface area is 240 Å². The van der Waals surface area contributed by atoms with Gasteiger partial charge in [-0.15, -0.1) is 0 Å². The van der Waals surface area contributed by atoms with Crippen LogP contribution in [-0.4, -0.2) is 61.3 Å². The van der Waals surface area contributed by atoms with Gasteiger partial charge >= 0.3 is 0 Å². The van der Waals surface area contributed by atoms with E-state index in [1.807, 2.05) is 28.1 Å². The van der Waals surface area contributed by atoms with E-state index in [2.05, 4.69) is 13.8 Å². The van der Waals surface area contributed by atoms with Crippen molar-refractivity contribution in [2.24, 2.45) is 11.7 Å². The predicted octanol–water partition coefficient (Wildman–Crippen LogP) is 6.48. The monoisotopic (exact) mass is 578 g/mol. The van der Waals surface area contributed by atoms with Crippen molar-refractivity contribution in [3.05, 3.63) is 0 Å². The minimum absolute atomic E-state index is 0.000581. The first-order valence-electron chi connectivity index (χ1n) is 15.7. The van der Waals surface area contributed by atoms with Crippen LogP contribution in [0.3, 0.4) is 0 Å². The smallest absolute Gasteiger partial charge is 0.266 e. The molecule has 0 fully saturated rings. The van der Waals surface area contributed by atoms with Gasteiger partial charge in [0.1, 0.15) is 12.1 Å². The SMILES string of the molecule is CCCCCCCCCCOC(C)CC(C[N+](C)(C)C)(OP(=O)([O-])O)C(CCCCCCCCC)CC(N)=O. The number of rotatable bonds is 27. The highest BCUT2D eigenvalue weighted by atomic mass is 31.2. The number of likely N-dealkylation sites (N-methyl/N-ethyl adjacent to an activating group) is 1. The van der Waals surface area contributed by atoms with Gasteiger partial charge in [0.15, 0.2) is 0 Å². The number of ether oxygens (including phenoxy) is 1. The molecule has 0 aliphatic rings. The van der Waals surface area contributed by atoms with Crippen molar-refractivity contribution in [3.8, 4) is 0 Å². The average Bonchev–Trinajstić information content (AvgIpc) is 2.79. The average molecular weight is 579 g/mol. The zero-order chi connectivity index (χ0) is 29.8. The van der Waals surface area contributed by atoms with Crippen molar-refractivity contribution in [3.63, 3.8) is 0 Å². The van der Waals surface area contributed by atoms with Gasteiger partial charge in [0, 0.05) is 25.4 Å². The van der Waals surface area contributed by atoms with Crippen LogP contribution in [0.1, 0.15) is 136 Å². The van der Waals surface area contributed by atoms with Crippen molar-refractivity contribution in [2.75, 3.05) is 34.3 Å².